The van der Waals surface area contributed by atoms with E-state index in [0.717, 1.165) is 16.9 Å². The predicted molar refractivity (Wildman–Crippen MR) is 111 cm³/mol. The number of likely N-dealkylation sites (tertiary alicyclic amines) is 1. The van der Waals surface area contributed by atoms with E-state index >= 15 is 0 Å². The number of hydrogen-bond acceptors (Lipinski definition) is 4. The Morgan fingerprint density at radius 2 is 1.73 bits per heavy atom. The lowest BCUT2D eigenvalue weighted by atomic mass is 9.85. The van der Waals surface area contributed by atoms with Gasteiger partial charge in [-0.3, -0.25) is 24.1 Å². The third kappa shape index (κ3) is 3.53. The number of carbonyl (C=O) groups excluding carboxylic acids is 4. The molecule has 30 heavy (non-hydrogen) atoms. The van der Waals surface area contributed by atoms with Gasteiger partial charge in [-0.25, -0.2) is 0 Å². The van der Waals surface area contributed by atoms with Crippen molar-refractivity contribution in [1.82, 2.24) is 9.80 Å². The van der Waals surface area contributed by atoms with Gasteiger partial charge in [0.15, 0.2) is 0 Å². The van der Waals surface area contributed by atoms with Crippen LogP contribution < -0.4 is 5.32 Å². The maximum atomic E-state index is 12.9. The van der Waals surface area contributed by atoms with Crippen molar-refractivity contribution in [3.05, 3.63) is 42.0 Å². The normalized spacial score (nSPS) is 26.3. The van der Waals surface area contributed by atoms with Gasteiger partial charge >= 0.3 is 0 Å². The van der Waals surface area contributed by atoms with Crippen molar-refractivity contribution in [3.63, 3.8) is 0 Å². The second-order valence-electron chi connectivity index (χ2n) is 8.44. The topological polar surface area (TPSA) is 86.8 Å². The van der Waals surface area contributed by atoms with Gasteiger partial charge in [-0.05, 0) is 43.2 Å². The SMILES string of the molecule is CCCN(CC(=O)Nc1ccccc1C)C(=O)CN1C(=O)C2C3C=CC(C3)C2C1=O. The second kappa shape index (κ2) is 8.05. The van der Waals surface area contributed by atoms with E-state index in [9.17, 15) is 19.2 Å². The van der Waals surface area contributed by atoms with Gasteiger partial charge in [0.2, 0.25) is 23.6 Å². The summed E-state index contributed by atoms with van der Waals surface area (Å²) in [5, 5.41) is 2.83. The minimum atomic E-state index is -0.376. The lowest BCUT2D eigenvalue weighted by molar-refractivity contribution is -0.147. The van der Waals surface area contributed by atoms with Crippen molar-refractivity contribution in [3.8, 4) is 0 Å². The molecular formula is C23H27N3O4. The molecular weight excluding hydrogens is 382 g/mol. The van der Waals surface area contributed by atoms with Crippen LogP contribution in [0.3, 0.4) is 0 Å². The standard InChI is InChI=1S/C23H27N3O4/c1-3-10-25(12-18(27)24-17-7-5-4-6-14(17)2)19(28)13-26-22(29)20-15-8-9-16(11-15)21(20)23(26)30/h4-9,15-16,20-21H,3,10-13H2,1-2H3,(H,24,27). The number of nitrogens with one attached hydrogen (secondary N) is 1. The molecule has 4 unspecified atom stereocenters. The van der Waals surface area contributed by atoms with E-state index in [-0.39, 0.29) is 60.4 Å². The number of para-hydroxylation sites is 1. The molecule has 0 aromatic heterocycles. The number of allylic oxidation sites excluding steroid dienone is 2. The van der Waals surface area contributed by atoms with Crippen LogP contribution in [0.25, 0.3) is 0 Å². The Balaban J connectivity index is 1.40. The molecule has 158 valence electrons. The van der Waals surface area contributed by atoms with Crippen molar-refractivity contribution >= 4 is 29.3 Å². The van der Waals surface area contributed by atoms with Crippen molar-refractivity contribution in [1.29, 1.82) is 0 Å². The smallest absolute Gasteiger partial charge is 0.244 e. The molecule has 1 heterocycles. The van der Waals surface area contributed by atoms with Crippen LogP contribution in [0.5, 0.6) is 0 Å². The van der Waals surface area contributed by atoms with Gasteiger partial charge in [-0.15, -0.1) is 0 Å². The maximum absolute atomic E-state index is 12.9. The van der Waals surface area contributed by atoms with Crippen molar-refractivity contribution in [2.45, 2.75) is 26.7 Å². The number of nitrogens with zero attached hydrogens (tertiary/aromatic N) is 2. The number of anilines is 1. The quantitative estimate of drug-likeness (QED) is 0.551. The van der Waals surface area contributed by atoms with Gasteiger partial charge in [-0.1, -0.05) is 37.3 Å². The van der Waals surface area contributed by atoms with Crippen LogP contribution in [-0.2, 0) is 19.2 Å². The summed E-state index contributed by atoms with van der Waals surface area (Å²) in [5.74, 6) is -1.56. The summed E-state index contributed by atoms with van der Waals surface area (Å²) in [6.45, 7) is 3.79. The number of benzene rings is 1. The first-order valence-electron chi connectivity index (χ1n) is 10.6. The highest BCUT2D eigenvalue weighted by Crippen LogP contribution is 2.52. The molecule has 2 bridgehead atoms. The number of fused-ring (bicyclic) bond motifs is 5. The third-order valence-electron chi connectivity index (χ3n) is 6.45. The van der Waals surface area contributed by atoms with Crippen LogP contribution in [0.4, 0.5) is 5.69 Å². The van der Waals surface area contributed by atoms with Crippen LogP contribution >= 0.6 is 0 Å². The molecule has 4 rings (SSSR count). The molecule has 1 saturated carbocycles. The van der Waals surface area contributed by atoms with Crippen LogP contribution in [0, 0.1) is 30.6 Å². The molecule has 0 radical (unpaired) electrons. The van der Waals surface area contributed by atoms with E-state index in [1.54, 1.807) is 0 Å². The van der Waals surface area contributed by atoms with Crippen LogP contribution in [-0.4, -0.2) is 53.1 Å². The summed E-state index contributed by atoms with van der Waals surface area (Å²) >= 11 is 0. The lowest BCUT2D eigenvalue weighted by Gasteiger charge is -2.25. The first-order chi connectivity index (χ1) is 14.4. The molecule has 1 N–H and O–H groups in total. The van der Waals surface area contributed by atoms with Gasteiger partial charge in [0.1, 0.15) is 6.54 Å². The highest BCUT2D eigenvalue weighted by molar-refractivity contribution is 6.08. The summed E-state index contributed by atoms with van der Waals surface area (Å²) in [6.07, 6.45) is 5.59. The van der Waals surface area contributed by atoms with E-state index in [2.05, 4.69) is 5.32 Å². The van der Waals surface area contributed by atoms with E-state index in [4.69, 9.17) is 0 Å². The zero-order valence-electron chi connectivity index (χ0n) is 17.3. The van der Waals surface area contributed by atoms with E-state index in [0.29, 0.717) is 18.7 Å². The fraction of sp³-hybridized carbons (Fsp3) is 0.478. The number of amides is 4. The van der Waals surface area contributed by atoms with Crippen molar-refractivity contribution in [2.75, 3.05) is 25.0 Å². The largest absolute Gasteiger partial charge is 0.332 e. The highest BCUT2D eigenvalue weighted by atomic mass is 16.2. The molecule has 4 atom stereocenters. The van der Waals surface area contributed by atoms with Gasteiger partial charge in [-0.2, -0.15) is 0 Å². The van der Waals surface area contributed by atoms with Crippen molar-refractivity contribution in [2.24, 2.45) is 23.7 Å². The molecule has 7 nitrogen and oxygen atoms in total. The van der Waals surface area contributed by atoms with Gasteiger partial charge < -0.3 is 10.2 Å². The third-order valence-corrected chi connectivity index (χ3v) is 6.45. The van der Waals surface area contributed by atoms with Gasteiger partial charge in [0.25, 0.3) is 0 Å². The summed E-state index contributed by atoms with van der Waals surface area (Å²) in [7, 11) is 0. The Hall–Kier alpha value is -2.96. The fourth-order valence-corrected chi connectivity index (χ4v) is 4.99. The fourth-order valence-electron chi connectivity index (χ4n) is 4.99. The Morgan fingerprint density at radius 3 is 2.33 bits per heavy atom. The van der Waals surface area contributed by atoms with Crippen molar-refractivity contribution < 1.29 is 19.2 Å². The van der Waals surface area contributed by atoms with Crippen LogP contribution in [0.1, 0.15) is 25.3 Å². The van der Waals surface area contributed by atoms with E-state index in [1.807, 2.05) is 50.3 Å². The Bertz CT molecular complexity index is 895. The average Bonchev–Trinajstić information content (AvgIpc) is 3.39. The summed E-state index contributed by atoms with van der Waals surface area (Å²) in [6, 6.07) is 7.43. The molecule has 1 aliphatic heterocycles. The number of rotatable bonds is 7. The lowest BCUT2D eigenvalue weighted by Crippen LogP contribution is -2.46. The molecule has 1 saturated heterocycles. The molecule has 3 aliphatic rings. The van der Waals surface area contributed by atoms with E-state index < -0.39 is 0 Å². The first-order valence-corrected chi connectivity index (χ1v) is 10.6. The second-order valence-corrected chi connectivity index (χ2v) is 8.44. The molecule has 0 spiro atoms. The monoisotopic (exact) mass is 409 g/mol. The van der Waals surface area contributed by atoms with E-state index in [1.165, 1.54) is 4.90 Å². The molecule has 1 aromatic rings. The molecule has 4 amide bonds. The zero-order chi connectivity index (χ0) is 21.4. The highest BCUT2D eigenvalue weighted by Gasteiger charge is 2.59. The maximum Gasteiger partial charge on any atom is 0.244 e. The summed E-state index contributed by atoms with van der Waals surface area (Å²) < 4.78 is 0. The van der Waals surface area contributed by atoms with Gasteiger partial charge in [0, 0.05) is 12.2 Å². The predicted octanol–water partition coefficient (Wildman–Crippen LogP) is 1.98. The number of imide groups is 1. The molecule has 7 heteroatoms. The van der Waals surface area contributed by atoms with Gasteiger partial charge in [0.05, 0.1) is 18.4 Å². The first kappa shape index (κ1) is 20.3. The molecule has 2 aliphatic carbocycles. The van der Waals surface area contributed by atoms with Crippen LogP contribution in [0.15, 0.2) is 36.4 Å². The number of hydrogen-bond donors (Lipinski definition) is 1. The number of carbonyl (C=O) groups is 4. The minimum absolute atomic E-state index is 0.114. The zero-order valence-corrected chi connectivity index (χ0v) is 17.3. The van der Waals surface area contributed by atoms with Crippen LogP contribution in [0.2, 0.25) is 0 Å². The molecule has 2 fully saturated rings. The Kier molecular flexibility index (Phi) is 5.45. The minimum Gasteiger partial charge on any atom is -0.332 e. The molecule has 1 aromatic carbocycles. The Morgan fingerprint density at radius 1 is 1.10 bits per heavy atom. The summed E-state index contributed by atoms with van der Waals surface area (Å²) in [5.41, 5.74) is 1.63. The number of aryl methyl sites for hydroxylation is 1. The summed E-state index contributed by atoms with van der Waals surface area (Å²) in [4.78, 5) is 53.6. The Labute approximate surface area is 176 Å². The average molecular weight is 409 g/mol.